The molecule has 2 rings (SSSR count). The molecule has 0 unspecified atom stereocenters. The fraction of sp³-hybridized carbons (Fsp3) is 0.0625. The molecule has 0 aromatic heterocycles. The molecule has 5 nitrogen and oxygen atoms in total. The maximum Gasteiger partial charge on any atom is 0.260 e. The summed E-state index contributed by atoms with van der Waals surface area (Å²) in [7, 11) is 0. The Balaban J connectivity index is 2.00. The molecule has 25 heavy (non-hydrogen) atoms. The SMILES string of the molecule is N=C(NC(=O)Cc1c(Cl)cccc1Cl)NC(=O)c1c(Cl)cccc1Cl. The Morgan fingerprint density at radius 1 is 0.840 bits per heavy atom. The van der Waals surface area contributed by atoms with Crippen LogP contribution in [0.25, 0.3) is 0 Å². The summed E-state index contributed by atoms with van der Waals surface area (Å²) in [6.45, 7) is 0. The van der Waals surface area contributed by atoms with Gasteiger partial charge in [0.2, 0.25) is 11.9 Å². The van der Waals surface area contributed by atoms with Crippen LogP contribution in [-0.4, -0.2) is 17.8 Å². The largest absolute Gasteiger partial charge is 0.296 e. The van der Waals surface area contributed by atoms with Crippen molar-refractivity contribution in [1.82, 2.24) is 10.6 Å². The van der Waals surface area contributed by atoms with Gasteiger partial charge in [0.15, 0.2) is 0 Å². The van der Waals surface area contributed by atoms with Crippen molar-refractivity contribution < 1.29 is 9.59 Å². The van der Waals surface area contributed by atoms with Gasteiger partial charge in [-0.15, -0.1) is 0 Å². The molecule has 0 bridgehead atoms. The number of hydrogen-bond donors (Lipinski definition) is 3. The van der Waals surface area contributed by atoms with Crippen LogP contribution in [0.15, 0.2) is 36.4 Å². The minimum absolute atomic E-state index is 0.0129. The normalized spacial score (nSPS) is 10.2. The van der Waals surface area contributed by atoms with Gasteiger partial charge in [-0.1, -0.05) is 58.5 Å². The Morgan fingerprint density at radius 2 is 1.32 bits per heavy atom. The maximum atomic E-state index is 12.1. The van der Waals surface area contributed by atoms with Crippen molar-refractivity contribution in [3.8, 4) is 0 Å². The van der Waals surface area contributed by atoms with Gasteiger partial charge in [-0.2, -0.15) is 0 Å². The molecule has 0 heterocycles. The predicted octanol–water partition coefficient (Wildman–Crippen LogP) is 4.32. The van der Waals surface area contributed by atoms with Gasteiger partial charge in [0.05, 0.1) is 22.0 Å². The Hall–Kier alpha value is -1.79. The van der Waals surface area contributed by atoms with Gasteiger partial charge in [-0.3, -0.25) is 25.6 Å². The van der Waals surface area contributed by atoms with Gasteiger partial charge in [0, 0.05) is 10.0 Å². The van der Waals surface area contributed by atoms with E-state index in [0.29, 0.717) is 15.6 Å². The number of amides is 2. The zero-order chi connectivity index (χ0) is 18.6. The minimum Gasteiger partial charge on any atom is -0.296 e. The molecule has 0 aliphatic heterocycles. The van der Waals surface area contributed by atoms with E-state index in [1.54, 1.807) is 24.3 Å². The molecule has 0 atom stereocenters. The number of nitrogens with one attached hydrogen (secondary N) is 3. The molecule has 0 saturated heterocycles. The number of guanidine groups is 1. The van der Waals surface area contributed by atoms with Crippen LogP contribution in [0.2, 0.25) is 20.1 Å². The number of benzene rings is 2. The van der Waals surface area contributed by atoms with E-state index in [0.717, 1.165) is 0 Å². The van der Waals surface area contributed by atoms with Gasteiger partial charge in [-0.05, 0) is 29.8 Å². The van der Waals surface area contributed by atoms with Crippen molar-refractivity contribution in [1.29, 1.82) is 5.41 Å². The van der Waals surface area contributed by atoms with Crippen LogP contribution in [0.5, 0.6) is 0 Å². The second-order valence-electron chi connectivity index (χ2n) is 4.85. The molecular formula is C16H11Cl4N3O2. The van der Waals surface area contributed by atoms with Gasteiger partial charge >= 0.3 is 0 Å². The van der Waals surface area contributed by atoms with Crippen molar-refractivity contribution in [3.63, 3.8) is 0 Å². The van der Waals surface area contributed by atoms with E-state index in [2.05, 4.69) is 10.6 Å². The van der Waals surface area contributed by atoms with Crippen molar-refractivity contribution in [3.05, 3.63) is 67.6 Å². The topological polar surface area (TPSA) is 82.1 Å². The van der Waals surface area contributed by atoms with Crippen LogP contribution in [0.3, 0.4) is 0 Å². The van der Waals surface area contributed by atoms with Crippen LogP contribution in [0, 0.1) is 5.41 Å². The third-order valence-corrected chi connectivity index (χ3v) is 4.43. The van der Waals surface area contributed by atoms with Crippen molar-refractivity contribution in [2.75, 3.05) is 0 Å². The van der Waals surface area contributed by atoms with E-state index in [1.807, 2.05) is 0 Å². The van der Waals surface area contributed by atoms with Crippen molar-refractivity contribution in [2.24, 2.45) is 0 Å². The first-order valence-corrected chi connectivity index (χ1v) is 8.37. The van der Waals surface area contributed by atoms with Gasteiger partial charge in [0.25, 0.3) is 5.91 Å². The Labute approximate surface area is 163 Å². The number of carbonyl (C=O) groups is 2. The lowest BCUT2D eigenvalue weighted by Gasteiger charge is -2.11. The van der Waals surface area contributed by atoms with Crippen LogP contribution in [0.4, 0.5) is 0 Å². The summed E-state index contributed by atoms with van der Waals surface area (Å²) in [4.78, 5) is 24.1. The van der Waals surface area contributed by atoms with Crippen molar-refractivity contribution in [2.45, 2.75) is 6.42 Å². The predicted molar refractivity (Wildman–Crippen MR) is 100.0 cm³/mol. The van der Waals surface area contributed by atoms with Gasteiger partial charge < -0.3 is 0 Å². The first-order valence-electron chi connectivity index (χ1n) is 6.86. The highest BCUT2D eigenvalue weighted by molar-refractivity contribution is 6.40. The average Bonchev–Trinajstić information content (AvgIpc) is 2.50. The fourth-order valence-electron chi connectivity index (χ4n) is 1.97. The minimum atomic E-state index is -0.711. The summed E-state index contributed by atoms with van der Waals surface area (Å²) in [5.41, 5.74) is 0.440. The Kier molecular flexibility index (Phi) is 6.67. The first-order chi connectivity index (χ1) is 11.8. The lowest BCUT2D eigenvalue weighted by molar-refractivity contribution is -0.119. The van der Waals surface area contributed by atoms with E-state index in [9.17, 15) is 9.59 Å². The lowest BCUT2D eigenvalue weighted by Crippen LogP contribution is -2.43. The van der Waals surface area contributed by atoms with Crippen LogP contribution in [0.1, 0.15) is 15.9 Å². The Bertz CT molecular complexity index is 815. The lowest BCUT2D eigenvalue weighted by atomic mass is 10.1. The summed E-state index contributed by atoms with van der Waals surface area (Å²) in [6.07, 6.45) is -0.149. The van der Waals surface area contributed by atoms with Gasteiger partial charge in [-0.25, -0.2) is 0 Å². The van der Waals surface area contributed by atoms with Gasteiger partial charge in [0.1, 0.15) is 0 Å². The molecule has 2 aromatic rings. The average molecular weight is 419 g/mol. The summed E-state index contributed by atoms with van der Waals surface area (Å²) < 4.78 is 0. The number of rotatable bonds is 3. The number of carbonyl (C=O) groups excluding carboxylic acids is 2. The third kappa shape index (κ3) is 5.09. The molecule has 0 saturated carbocycles. The molecule has 130 valence electrons. The Morgan fingerprint density at radius 3 is 1.84 bits per heavy atom. The number of halogens is 4. The third-order valence-electron chi connectivity index (χ3n) is 3.09. The van der Waals surface area contributed by atoms with Crippen LogP contribution >= 0.6 is 46.4 Å². The first kappa shape index (κ1) is 19.5. The van der Waals surface area contributed by atoms with E-state index in [-0.39, 0.29) is 22.0 Å². The molecule has 0 aliphatic carbocycles. The monoisotopic (exact) mass is 417 g/mol. The standard InChI is InChI=1S/C16H11Cl4N3O2/c17-9-3-1-4-10(18)8(9)7-13(24)22-16(21)23-15(25)14-11(19)5-2-6-12(14)20/h1-6H,7H2,(H3,21,22,23,24,25). The highest BCUT2D eigenvalue weighted by atomic mass is 35.5. The molecular weight excluding hydrogens is 408 g/mol. The van der Waals surface area contributed by atoms with E-state index >= 15 is 0 Å². The molecule has 3 N–H and O–H groups in total. The van der Waals surface area contributed by atoms with E-state index < -0.39 is 17.8 Å². The number of hydrogen-bond acceptors (Lipinski definition) is 3. The molecule has 0 radical (unpaired) electrons. The molecule has 0 spiro atoms. The fourth-order valence-corrected chi connectivity index (χ4v) is 3.07. The quantitative estimate of drug-likeness (QED) is 0.512. The molecule has 2 aromatic carbocycles. The molecule has 2 amide bonds. The molecule has 9 heteroatoms. The van der Waals surface area contributed by atoms with E-state index in [1.165, 1.54) is 12.1 Å². The summed E-state index contributed by atoms with van der Waals surface area (Å²) in [5, 5.41) is 13.1. The van der Waals surface area contributed by atoms with E-state index in [4.69, 9.17) is 51.8 Å². The van der Waals surface area contributed by atoms with Crippen molar-refractivity contribution >= 4 is 64.2 Å². The zero-order valence-corrected chi connectivity index (χ0v) is 15.5. The van der Waals surface area contributed by atoms with Crippen LogP contribution < -0.4 is 10.6 Å². The second-order valence-corrected chi connectivity index (χ2v) is 6.48. The highest BCUT2D eigenvalue weighted by Crippen LogP contribution is 2.25. The highest BCUT2D eigenvalue weighted by Gasteiger charge is 2.17. The summed E-state index contributed by atoms with van der Waals surface area (Å²) in [6, 6.07) is 9.42. The molecule has 0 fully saturated rings. The summed E-state index contributed by atoms with van der Waals surface area (Å²) >= 11 is 23.8. The zero-order valence-electron chi connectivity index (χ0n) is 12.5. The second kappa shape index (κ2) is 8.54. The molecule has 0 aliphatic rings. The van der Waals surface area contributed by atoms with Crippen LogP contribution in [-0.2, 0) is 11.2 Å². The summed E-state index contributed by atoms with van der Waals surface area (Å²) in [5.74, 6) is -1.80. The smallest absolute Gasteiger partial charge is 0.260 e. The maximum absolute atomic E-state index is 12.1.